The minimum atomic E-state index is -1.07. The molecule has 4 heteroatoms. The second-order valence-electron chi connectivity index (χ2n) is 6.12. The van der Waals surface area contributed by atoms with E-state index in [4.69, 9.17) is 4.74 Å². The van der Waals surface area contributed by atoms with Crippen molar-refractivity contribution in [1.29, 1.82) is 0 Å². The average molecular weight is 243 g/mol. The maximum absolute atomic E-state index is 11.0. The summed E-state index contributed by atoms with van der Waals surface area (Å²) in [5.74, 6) is -1.61. The zero-order chi connectivity index (χ0) is 13.4. The fourth-order valence-corrected chi connectivity index (χ4v) is 2.82. The molecule has 1 saturated heterocycles. The van der Waals surface area contributed by atoms with Crippen LogP contribution in [0.15, 0.2) is 0 Å². The SMILES string of the molecule is CC(C)[C@H](O)[C@@]1(C)CC[C@H](C(=O)[O-])C(C)(C)O1. The summed E-state index contributed by atoms with van der Waals surface area (Å²) in [7, 11) is 0. The molecule has 0 saturated carbocycles. The lowest BCUT2D eigenvalue weighted by atomic mass is 9.75. The molecule has 0 aromatic rings. The van der Waals surface area contributed by atoms with E-state index in [0.717, 1.165) is 0 Å². The topological polar surface area (TPSA) is 69.6 Å². The average Bonchev–Trinajstić information content (AvgIpc) is 2.13. The first-order valence-corrected chi connectivity index (χ1v) is 6.19. The van der Waals surface area contributed by atoms with Crippen molar-refractivity contribution in [1.82, 2.24) is 0 Å². The zero-order valence-electron chi connectivity index (χ0n) is 11.3. The Hall–Kier alpha value is -0.610. The lowest BCUT2D eigenvalue weighted by molar-refractivity contribution is -0.327. The summed E-state index contributed by atoms with van der Waals surface area (Å²) in [5, 5.41) is 21.2. The molecule has 1 aliphatic rings. The number of carboxylic acid groups (broad SMARTS) is 1. The van der Waals surface area contributed by atoms with Gasteiger partial charge in [-0.1, -0.05) is 13.8 Å². The Labute approximate surface area is 103 Å². The highest BCUT2D eigenvalue weighted by Crippen LogP contribution is 2.42. The number of carbonyl (C=O) groups is 1. The molecule has 1 fully saturated rings. The molecule has 0 unspecified atom stereocenters. The van der Waals surface area contributed by atoms with Crippen LogP contribution in [-0.4, -0.2) is 28.4 Å². The van der Waals surface area contributed by atoms with Crippen LogP contribution >= 0.6 is 0 Å². The van der Waals surface area contributed by atoms with Gasteiger partial charge in [0, 0.05) is 11.9 Å². The van der Waals surface area contributed by atoms with Crippen molar-refractivity contribution in [3.63, 3.8) is 0 Å². The third kappa shape index (κ3) is 2.80. The molecule has 3 atom stereocenters. The fraction of sp³-hybridized carbons (Fsp3) is 0.923. The predicted octanol–water partition coefficient (Wildman–Crippen LogP) is 0.717. The maximum atomic E-state index is 11.0. The Morgan fingerprint density at radius 1 is 1.41 bits per heavy atom. The number of carboxylic acids is 1. The second-order valence-corrected chi connectivity index (χ2v) is 6.12. The van der Waals surface area contributed by atoms with Crippen molar-refractivity contribution in [3.8, 4) is 0 Å². The van der Waals surface area contributed by atoms with E-state index in [9.17, 15) is 15.0 Å². The summed E-state index contributed by atoms with van der Waals surface area (Å²) < 4.78 is 5.89. The number of ether oxygens (including phenoxy) is 1. The van der Waals surface area contributed by atoms with Crippen molar-refractivity contribution in [2.45, 2.75) is 64.8 Å². The minimum absolute atomic E-state index is 0.0790. The van der Waals surface area contributed by atoms with E-state index in [1.54, 1.807) is 13.8 Å². The van der Waals surface area contributed by atoms with Gasteiger partial charge in [-0.15, -0.1) is 0 Å². The Bertz CT molecular complexity index is 298. The van der Waals surface area contributed by atoms with Crippen LogP contribution in [0.1, 0.15) is 47.5 Å². The molecule has 0 aromatic heterocycles. The predicted molar refractivity (Wildman–Crippen MR) is 62.1 cm³/mol. The molecule has 100 valence electrons. The summed E-state index contributed by atoms with van der Waals surface area (Å²) in [6.45, 7) is 9.20. The van der Waals surface area contributed by atoms with Crippen LogP contribution in [-0.2, 0) is 9.53 Å². The quantitative estimate of drug-likeness (QED) is 0.793. The van der Waals surface area contributed by atoms with Gasteiger partial charge in [-0.3, -0.25) is 0 Å². The number of hydrogen-bond donors (Lipinski definition) is 1. The number of aliphatic hydroxyl groups is 1. The number of carbonyl (C=O) groups excluding carboxylic acids is 1. The van der Waals surface area contributed by atoms with Crippen LogP contribution in [0.2, 0.25) is 0 Å². The van der Waals surface area contributed by atoms with Gasteiger partial charge in [0.25, 0.3) is 0 Å². The van der Waals surface area contributed by atoms with Crippen molar-refractivity contribution >= 4 is 5.97 Å². The highest BCUT2D eigenvalue weighted by atomic mass is 16.5. The molecule has 0 aliphatic carbocycles. The molecule has 0 radical (unpaired) electrons. The van der Waals surface area contributed by atoms with Gasteiger partial charge in [0.2, 0.25) is 0 Å². The van der Waals surface area contributed by atoms with E-state index < -0.39 is 29.2 Å². The van der Waals surface area contributed by atoms with E-state index in [1.165, 1.54) is 0 Å². The largest absolute Gasteiger partial charge is 0.550 e. The van der Waals surface area contributed by atoms with Gasteiger partial charge < -0.3 is 19.7 Å². The smallest absolute Gasteiger partial charge is 0.0922 e. The Balaban J connectivity index is 2.88. The normalized spacial score (nSPS) is 34.6. The molecule has 1 rings (SSSR count). The van der Waals surface area contributed by atoms with E-state index in [-0.39, 0.29) is 5.92 Å². The maximum Gasteiger partial charge on any atom is 0.0922 e. The molecule has 0 amide bonds. The van der Waals surface area contributed by atoms with Crippen LogP contribution in [0.5, 0.6) is 0 Å². The number of aliphatic carboxylic acids is 1. The van der Waals surface area contributed by atoms with Gasteiger partial charge in [-0.2, -0.15) is 0 Å². The first-order chi connectivity index (χ1) is 7.60. The molecule has 0 spiro atoms. The van der Waals surface area contributed by atoms with Crippen molar-refractivity contribution in [2.75, 3.05) is 0 Å². The van der Waals surface area contributed by atoms with E-state index >= 15 is 0 Å². The van der Waals surface area contributed by atoms with Gasteiger partial charge in [-0.05, 0) is 39.5 Å². The third-order valence-electron chi connectivity index (χ3n) is 3.81. The van der Waals surface area contributed by atoms with E-state index in [2.05, 4.69) is 0 Å². The molecular formula is C13H23O4-. The molecule has 4 nitrogen and oxygen atoms in total. The van der Waals surface area contributed by atoms with Crippen LogP contribution in [0.4, 0.5) is 0 Å². The summed E-state index contributed by atoms with van der Waals surface area (Å²) in [4.78, 5) is 11.0. The summed E-state index contributed by atoms with van der Waals surface area (Å²) in [6, 6.07) is 0. The molecule has 0 aromatic carbocycles. The summed E-state index contributed by atoms with van der Waals surface area (Å²) in [5.41, 5.74) is -1.48. The van der Waals surface area contributed by atoms with Gasteiger partial charge in [-0.25, -0.2) is 0 Å². The Morgan fingerprint density at radius 2 is 1.94 bits per heavy atom. The second kappa shape index (κ2) is 4.58. The first kappa shape index (κ1) is 14.5. The fourth-order valence-electron chi connectivity index (χ4n) is 2.82. The van der Waals surface area contributed by atoms with Crippen molar-refractivity contribution in [2.24, 2.45) is 11.8 Å². The monoisotopic (exact) mass is 243 g/mol. The Kier molecular flexibility index (Phi) is 3.89. The molecule has 0 bridgehead atoms. The minimum Gasteiger partial charge on any atom is -0.550 e. The number of rotatable bonds is 3. The third-order valence-corrected chi connectivity index (χ3v) is 3.81. The van der Waals surface area contributed by atoms with E-state index in [1.807, 2.05) is 20.8 Å². The number of hydrogen-bond acceptors (Lipinski definition) is 4. The summed E-state index contributed by atoms with van der Waals surface area (Å²) in [6.07, 6.45) is 0.425. The van der Waals surface area contributed by atoms with Crippen LogP contribution < -0.4 is 5.11 Å². The molecule has 17 heavy (non-hydrogen) atoms. The number of aliphatic hydroxyl groups excluding tert-OH is 1. The van der Waals surface area contributed by atoms with Crippen LogP contribution in [0.3, 0.4) is 0 Å². The first-order valence-electron chi connectivity index (χ1n) is 6.19. The van der Waals surface area contributed by atoms with Crippen molar-refractivity contribution in [3.05, 3.63) is 0 Å². The zero-order valence-corrected chi connectivity index (χ0v) is 11.3. The lowest BCUT2D eigenvalue weighted by Crippen LogP contribution is -2.59. The van der Waals surface area contributed by atoms with Crippen LogP contribution in [0.25, 0.3) is 0 Å². The molecule has 1 N–H and O–H groups in total. The lowest BCUT2D eigenvalue weighted by Gasteiger charge is -2.51. The van der Waals surface area contributed by atoms with Gasteiger partial charge in [0.05, 0.1) is 17.3 Å². The summed E-state index contributed by atoms with van der Waals surface area (Å²) >= 11 is 0. The van der Waals surface area contributed by atoms with Gasteiger partial charge >= 0.3 is 0 Å². The van der Waals surface area contributed by atoms with Gasteiger partial charge in [0.15, 0.2) is 0 Å². The van der Waals surface area contributed by atoms with Crippen molar-refractivity contribution < 1.29 is 19.7 Å². The van der Waals surface area contributed by atoms with Gasteiger partial charge in [0.1, 0.15) is 0 Å². The standard InChI is InChI=1S/C13H24O4/c1-8(2)10(14)13(5)7-6-9(11(15)16)12(3,4)17-13/h8-10,14H,6-7H2,1-5H3,(H,15,16)/p-1/t9-,10+,13-/m1/s1. The van der Waals surface area contributed by atoms with E-state index in [0.29, 0.717) is 12.8 Å². The Morgan fingerprint density at radius 3 is 2.29 bits per heavy atom. The highest BCUT2D eigenvalue weighted by molar-refractivity contribution is 5.69. The highest BCUT2D eigenvalue weighted by Gasteiger charge is 2.48. The van der Waals surface area contributed by atoms with Crippen LogP contribution in [0, 0.1) is 11.8 Å². The molecule has 1 aliphatic heterocycles. The molecule has 1 heterocycles. The molecular weight excluding hydrogens is 220 g/mol.